The highest BCUT2D eigenvalue weighted by Gasteiger charge is 2.52. The van der Waals surface area contributed by atoms with Crippen LogP contribution in [0, 0.1) is 5.41 Å². The highest BCUT2D eigenvalue weighted by Crippen LogP contribution is 2.53. The summed E-state index contributed by atoms with van der Waals surface area (Å²) in [7, 11) is 1.62. The number of hydrogen-bond donors (Lipinski definition) is 1. The van der Waals surface area contributed by atoms with Gasteiger partial charge in [-0.15, -0.1) is 0 Å². The number of rotatable bonds is 5. The number of piperidine rings is 2. The Bertz CT molecular complexity index is 869. The number of halogens is 1. The third kappa shape index (κ3) is 3.02. The molecule has 0 radical (unpaired) electrons. The van der Waals surface area contributed by atoms with Gasteiger partial charge in [0.25, 0.3) is 0 Å². The Kier molecular flexibility index (Phi) is 4.66. The van der Waals surface area contributed by atoms with Crippen molar-refractivity contribution in [3.8, 4) is 5.75 Å². The van der Waals surface area contributed by atoms with Gasteiger partial charge in [0.05, 0.1) is 12.1 Å². The Morgan fingerprint density at radius 2 is 2.15 bits per heavy atom. The molecule has 5 heteroatoms. The molecule has 1 N–H and O–H groups in total. The van der Waals surface area contributed by atoms with Crippen molar-refractivity contribution >= 4 is 28.4 Å². The monoisotopic (exact) mass is 388 g/mol. The van der Waals surface area contributed by atoms with Crippen molar-refractivity contribution in [2.75, 3.05) is 7.11 Å². The number of H-pyrrole nitrogens is 1. The summed E-state index contributed by atoms with van der Waals surface area (Å²) >= 11 is 6.57. The molecular weight excluding hydrogens is 360 g/mol. The second-order valence-corrected chi connectivity index (χ2v) is 9.17. The maximum Gasteiger partial charge on any atom is 0.223 e. The fraction of sp³-hybridized carbons (Fsp3) is 0.591. The van der Waals surface area contributed by atoms with Gasteiger partial charge < -0.3 is 14.6 Å². The maximum atomic E-state index is 13.2. The molecule has 3 aliphatic rings. The molecule has 0 spiro atoms. The predicted molar refractivity (Wildman–Crippen MR) is 110 cm³/mol. The minimum absolute atomic E-state index is 0.0988. The lowest BCUT2D eigenvalue weighted by molar-refractivity contribution is -0.155. The highest BCUT2D eigenvalue weighted by molar-refractivity contribution is 6.37. The first-order valence-electron chi connectivity index (χ1n) is 10.0. The van der Waals surface area contributed by atoms with Crippen molar-refractivity contribution in [1.29, 1.82) is 0 Å². The fourth-order valence-corrected chi connectivity index (χ4v) is 5.72. The van der Waals surface area contributed by atoms with E-state index in [0.29, 0.717) is 34.7 Å². The first kappa shape index (κ1) is 18.7. The van der Waals surface area contributed by atoms with Gasteiger partial charge in [-0.3, -0.25) is 4.79 Å². The zero-order valence-corrected chi connectivity index (χ0v) is 17.4. The quantitative estimate of drug-likeness (QED) is 0.734. The molecule has 3 fully saturated rings. The molecule has 2 saturated heterocycles. The summed E-state index contributed by atoms with van der Waals surface area (Å²) in [6.45, 7) is 6.69. The Balaban J connectivity index is 1.56. The Hall–Kier alpha value is -1.68. The van der Waals surface area contributed by atoms with Gasteiger partial charge >= 0.3 is 0 Å². The van der Waals surface area contributed by atoms with Gasteiger partial charge in [0.1, 0.15) is 5.75 Å². The van der Waals surface area contributed by atoms with E-state index in [2.05, 4.69) is 30.7 Å². The summed E-state index contributed by atoms with van der Waals surface area (Å²) in [5, 5.41) is 1.59. The largest absolute Gasteiger partial charge is 0.495 e. The molecular formula is C22H29ClN2O2. The normalized spacial score (nSPS) is 28.1. The van der Waals surface area contributed by atoms with Crippen molar-refractivity contribution < 1.29 is 9.53 Å². The van der Waals surface area contributed by atoms with Gasteiger partial charge in [-0.25, -0.2) is 0 Å². The highest BCUT2D eigenvalue weighted by atomic mass is 35.5. The number of carbonyl (C=O) groups excluding carboxylic acids is 1. The number of fused-ring (bicyclic) bond motifs is 3. The van der Waals surface area contributed by atoms with Crippen molar-refractivity contribution in [2.24, 2.45) is 5.41 Å². The van der Waals surface area contributed by atoms with Crippen molar-refractivity contribution in [1.82, 2.24) is 9.88 Å². The molecule has 2 bridgehead atoms. The van der Waals surface area contributed by atoms with Crippen LogP contribution in [0.1, 0.15) is 64.4 Å². The SMILES string of the molecule is CCC1CC2(C)CC(C2)N1C(=O)CC(C)c1c[nH]c2ccc(OC)c(Cl)c12. The molecule has 1 amide bonds. The van der Waals surface area contributed by atoms with Gasteiger partial charge in [-0.05, 0) is 54.7 Å². The van der Waals surface area contributed by atoms with E-state index in [1.54, 1.807) is 7.11 Å². The molecule has 27 heavy (non-hydrogen) atoms. The first-order valence-corrected chi connectivity index (χ1v) is 10.4. The van der Waals surface area contributed by atoms with Crippen molar-refractivity contribution in [3.05, 3.63) is 28.9 Å². The second-order valence-electron chi connectivity index (χ2n) is 8.79. The lowest BCUT2D eigenvalue weighted by Gasteiger charge is -2.60. The van der Waals surface area contributed by atoms with E-state index < -0.39 is 0 Å². The summed E-state index contributed by atoms with van der Waals surface area (Å²) in [5.41, 5.74) is 2.54. The molecule has 1 aromatic carbocycles. The summed E-state index contributed by atoms with van der Waals surface area (Å²) in [6.07, 6.45) is 7.03. The molecule has 3 heterocycles. The van der Waals surface area contributed by atoms with Crippen LogP contribution in [0.25, 0.3) is 10.9 Å². The average Bonchev–Trinajstić information content (AvgIpc) is 3.05. The van der Waals surface area contributed by atoms with Gasteiger partial charge in [0.15, 0.2) is 0 Å². The Labute approximate surface area is 166 Å². The van der Waals surface area contributed by atoms with Crippen LogP contribution < -0.4 is 4.74 Å². The lowest BCUT2D eigenvalue weighted by Crippen LogP contribution is -2.62. The van der Waals surface area contributed by atoms with Crippen LogP contribution in [-0.2, 0) is 4.79 Å². The standard InChI is InChI=1S/C22H29ClN2O2/c1-5-14-9-22(3)10-15(11-22)25(14)19(26)8-13(2)16-12-24-17-6-7-18(27-4)21(23)20(16)17/h6-7,12-15,24H,5,8-11H2,1-4H3. The summed E-state index contributed by atoms with van der Waals surface area (Å²) in [4.78, 5) is 18.7. The third-order valence-corrected chi connectivity index (χ3v) is 7.12. The number of ether oxygens (including phenoxy) is 1. The van der Waals surface area contributed by atoms with Gasteiger partial charge in [0, 0.05) is 35.6 Å². The van der Waals surface area contributed by atoms with Crippen LogP contribution in [-0.4, -0.2) is 35.0 Å². The number of carbonyl (C=O) groups is 1. The number of aromatic nitrogens is 1. The molecule has 1 aliphatic carbocycles. The summed E-state index contributed by atoms with van der Waals surface area (Å²) in [6, 6.07) is 4.69. The summed E-state index contributed by atoms with van der Waals surface area (Å²) < 4.78 is 5.37. The number of hydrogen-bond acceptors (Lipinski definition) is 2. The minimum atomic E-state index is 0.0988. The molecule has 1 saturated carbocycles. The molecule has 146 valence electrons. The molecule has 2 unspecified atom stereocenters. The van der Waals surface area contributed by atoms with E-state index >= 15 is 0 Å². The van der Waals surface area contributed by atoms with E-state index in [1.165, 1.54) is 12.8 Å². The number of amides is 1. The molecule has 1 aromatic heterocycles. The first-order chi connectivity index (χ1) is 12.9. The molecule has 2 atom stereocenters. The van der Waals surface area contributed by atoms with Crippen molar-refractivity contribution in [3.63, 3.8) is 0 Å². The van der Waals surface area contributed by atoms with Crippen LogP contribution in [0.4, 0.5) is 0 Å². The third-order valence-electron chi connectivity index (χ3n) is 6.74. The molecule has 4 nitrogen and oxygen atoms in total. The lowest BCUT2D eigenvalue weighted by atomic mass is 9.59. The minimum Gasteiger partial charge on any atom is -0.495 e. The number of benzene rings is 1. The van der Waals surface area contributed by atoms with E-state index in [-0.39, 0.29) is 11.8 Å². The number of aromatic amines is 1. The van der Waals surface area contributed by atoms with Crippen LogP contribution in [0.5, 0.6) is 5.75 Å². The summed E-state index contributed by atoms with van der Waals surface area (Å²) in [5.74, 6) is 1.05. The molecule has 2 aliphatic heterocycles. The van der Waals surface area contributed by atoms with Crippen molar-refractivity contribution in [2.45, 2.75) is 70.9 Å². The predicted octanol–water partition coefficient (Wildman–Crippen LogP) is 5.50. The zero-order chi connectivity index (χ0) is 19.3. The Morgan fingerprint density at radius 1 is 1.41 bits per heavy atom. The van der Waals surface area contributed by atoms with Gasteiger partial charge in [0.2, 0.25) is 5.91 Å². The average molecular weight is 389 g/mol. The smallest absolute Gasteiger partial charge is 0.223 e. The molecule has 5 rings (SSSR count). The number of methoxy groups -OCH3 is 1. The van der Waals surface area contributed by atoms with Crippen LogP contribution in [0.2, 0.25) is 5.02 Å². The van der Waals surface area contributed by atoms with Crippen LogP contribution >= 0.6 is 11.6 Å². The van der Waals surface area contributed by atoms with Crippen LogP contribution in [0.15, 0.2) is 18.3 Å². The van der Waals surface area contributed by atoms with E-state index in [1.807, 2.05) is 18.3 Å². The number of nitrogens with zero attached hydrogens (tertiary/aromatic N) is 1. The van der Waals surface area contributed by atoms with Gasteiger partial charge in [-0.2, -0.15) is 0 Å². The molecule has 2 aromatic rings. The topological polar surface area (TPSA) is 45.3 Å². The second kappa shape index (κ2) is 6.73. The number of nitrogens with one attached hydrogen (secondary N) is 1. The van der Waals surface area contributed by atoms with Gasteiger partial charge in [-0.1, -0.05) is 32.4 Å². The van der Waals surface area contributed by atoms with Crippen LogP contribution in [0.3, 0.4) is 0 Å². The fourth-order valence-electron chi connectivity index (χ4n) is 5.37. The Morgan fingerprint density at radius 3 is 2.81 bits per heavy atom. The van der Waals surface area contributed by atoms with E-state index in [0.717, 1.165) is 29.3 Å². The zero-order valence-electron chi connectivity index (χ0n) is 16.6. The maximum absolute atomic E-state index is 13.2. The van der Waals surface area contributed by atoms with E-state index in [9.17, 15) is 4.79 Å². The van der Waals surface area contributed by atoms with E-state index in [4.69, 9.17) is 16.3 Å².